The molecular weight excluding hydrogens is 418 g/mol. The lowest BCUT2D eigenvalue weighted by molar-refractivity contribution is -0.138. The summed E-state index contributed by atoms with van der Waals surface area (Å²) >= 11 is 0. The highest BCUT2D eigenvalue weighted by Crippen LogP contribution is 2.18. The number of rotatable bonds is 8. The van der Waals surface area contributed by atoms with Crippen LogP contribution in [0.4, 0.5) is 0 Å². The van der Waals surface area contributed by atoms with Gasteiger partial charge in [-0.25, -0.2) is 0 Å². The highest BCUT2D eigenvalue weighted by atomic mass is 16.5. The van der Waals surface area contributed by atoms with E-state index in [4.69, 9.17) is 27.0 Å². The van der Waals surface area contributed by atoms with Crippen molar-refractivity contribution in [1.29, 1.82) is 0 Å². The summed E-state index contributed by atoms with van der Waals surface area (Å²) in [4.78, 5) is 20.5. The average molecular weight is 452 g/mol. The van der Waals surface area contributed by atoms with E-state index in [1.165, 1.54) is 5.56 Å². The van der Waals surface area contributed by atoms with Gasteiger partial charge in [0.2, 0.25) is 0 Å². The van der Waals surface area contributed by atoms with Crippen LogP contribution in [0.15, 0.2) is 78.9 Å². The SMILES string of the molecule is COc1ccccc1CN.NCCCC(N)C(=O)O.O=Cc1ccc(-c2ccccc2)cc1. The van der Waals surface area contributed by atoms with Crippen LogP contribution >= 0.6 is 0 Å². The standard InChI is InChI=1S/C13H10O.C8H11NO.C5H12N2O2/c14-10-11-6-8-13(9-7-11)12-4-2-1-3-5-12;1-10-8-5-3-2-4-7(8)6-9;6-3-1-2-4(7)5(8)9/h1-10H;2-5H,6,9H2,1H3;4H,1-3,6-7H2,(H,8,9). The number of ether oxygens (including phenoxy) is 1. The molecule has 0 aromatic heterocycles. The molecule has 0 spiro atoms. The number of benzene rings is 3. The molecule has 7 N–H and O–H groups in total. The van der Waals surface area contributed by atoms with Crippen LogP contribution in [0.1, 0.15) is 28.8 Å². The smallest absolute Gasteiger partial charge is 0.320 e. The monoisotopic (exact) mass is 451 g/mol. The Balaban J connectivity index is 0.000000257. The number of aliphatic carboxylic acids is 1. The topological polar surface area (TPSA) is 142 Å². The molecule has 3 aromatic rings. The largest absolute Gasteiger partial charge is 0.496 e. The summed E-state index contributed by atoms with van der Waals surface area (Å²) in [6.07, 6.45) is 1.99. The van der Waals surface area contributed by atoms with Gasteiger partial charge in [-0.05, 0) is 36.6 Å². The average Bonchev–Trinajstić information content (AvgIpc) is 2.88. The fraction of sp³-hybridized carbons (Fsp3) is 0.231. The summed E-state index contributed by atoms with van der Waals surface area (Å²) in [5.74, 6) is -0.0894. The minimum atomic E-state index is -0.955. The van der Waals surface area contributed by atoms with E-state index >= 15 is 0 Å². The zero-order valence-corrected chi connectivity index (χ0v) is 18.9. The van der Waals surface area contributed by atoms with E-state index in [-0.39, 0.29) is 0 Å². The summed E-state index contributed by atoms with van der Waals surface area (Å²) in [5.41, 5.74) is 19.8. The summed E-state index contributed by atoms with van der Waals surface area (Å²) in [6, 6.07) is 24.7. The first-order chi connectivity index (χ1) is 16.0. The van der Waals surface area contributed by atoms with Gasteiger partial charge in [0.05, 0.1) is 7.11 Å². The van der Waals surface area contributed by atoms with E-state index in [0.717, 1.165) is 23.2 Å². The number of carbonyl (C=O) groups is 2. The van der Waals surface area contributed by atoms with Crippen molar-refractivity contribution in [3.8, 4) is 16.9 Å². The van der Waals surface area contributed by atoms with Crippen LogP contribution in [0.3, 0.4) is 0 Å². The molecule has 3 aromatic carbocycles. The molecule has 0 amide bonds. The number of aldehydes is 1. The van der Waals surface area contributed by atoms with E-state index in [1.54, 1.807) is 7.11 Å². The number of carboxylic acids is 1. The maximum atomic E-state index is 10.5. The van der Waals surface area contributed by atoms with Crippen LogP contribution in [0.2, 0.25) is 0 Å². The molecule has 0 aliphatic carbocycles. The van der Waals surface area contributed by atoms with Gasteiger partial charge in [-0.3, -0.25) is 9.59 Å². The second-order valence-corrected chi connectivity index (χ2v) is 7.00. The second-order valence-electron chi connectivity index (χ2n) is 7.00. The number of hydrogen-bond acceptors (Lipinski definition) is 6. The number of nitrogens with two attached hydrogens (primary N) is 3. The predicted octanol–water partition coefficient (Wildman–Crippen LogP) is 3.46. The molecule has 1 atom stereocenters. The molecule has 0 aliphatic heterocycles. The molecule has 1 unspecified atom stereocenters. The molecular formula is C26H33N3O4. The van der Waals surface area contributed by atoms with Gasteiger partial charge in [-0.1, -0.05) is 72.8 Å². The molecule has 7 nitrogen and oxygen atoms in total. The van der Waals surface area contributed by atoms with Gasteiger partial charge in [0.15, 0.2) is 0 Å². The van der Waals surface area contributed by atoms with Crippen molar-refractivity contribution in [2.75, 3.05) is 13.7 Å². The Hall–Kier alpha value is -3.52. The van der Waals surface area contributed by atoms with Crippen molar-refractivity contribution in [2.45, 2.75) is 25.4 Å². The van der Waals surface area contributed by atoms with Gasteiger partial charge < -0.3 is 27.0 Å². The van der Waals surface area contributed by atoms with E-state index < -0.39 is 12.0 Å². The van der Waals surface area contributed by atoms with Gasteiger partial charge in [-0.2, -0.15) is 0 Å². The molecule has 176 valence electrons. The van der Waals surface area contributed by atoms with Crippen LogP contribution in [-0.4, -0.2) is 37.1 Å². The number of carbonyl (C=O) groups excluding carboxylic acids is 1. The van der Waals surface area contributed by atoms with Gasteiger partial charge in [0, 0.05) is 17.7 Å². The maximum absolute atomic E-state index is 10.5. The molecule has 0 bridgehead atoms. The molecule has 0 saturated heterocycles. The summed E-state index contributed by atoms with van der Waals surface area (Å²) in [5, 5.41) is 8.24. The highest BCUT2D eigenvalue weighted by Gasteiger charge is 2.08. The Morgan fingerprint density at radius 1 is 0.939 bits per heavy atom. The lowest BCUT2D eigenvalue weighted by Gasteiger charge is -2.03. The van der Waals surface area contributed by atoms with Crippen molar-refractivity contribution >= 4 is 12.3 Å². The van der Waals surface area contributed by atoms with Gasteiger partial charge in [-0.15, -0.1) is 0 Å². The highest BCUT2D eigenvalue weighted by molar-refractivity contribution is 5.76. The molecule has 0 radical (unpaired) electrons. The van der Waals surface area contributed by atoms with E-state index in [9.17, 15) is 9.59 Å². The fourth-order valence-electron chi connectivity index (χ4n) is 2.72. The summed E-state index contributed by atoms with van der Waals surface area (Å²) in [7, 11) is 1.65. The number of para-hydroxylation sites is 1. The zero-order chi connectivity index (χ0) is 24.5. The van der Waals surface area contributed by atoms with E-state index in [2.05, 4.69) is 12.1 Å². The lowest BCUT2D eigenvalue weighted by atomic mass is 10.0. The minimum absolute atomic E-state index is 0.464. The Kier molecular flexibility index (Phi) is 13.5. The van der Waals surface area contributed by atoms with Crippen LogP contribution in [0.5, 0.6) is 5.75 Å². The van der Waals surface area contributed by atoms with Crippen LogP contribution in [-0.2, 0) is 11.3 Å². The predicted molar refractivity (Wildman–Crippen MR) is 132 cm³/mol. The number of hydrogen-bond donors (Lipinski definition) is 4. The van der Waals surface area contributed by atoms with Crippen LogP contribution < -0.4 is 21.9 Å². The van der Waals surface area contributed by atoms with Crippen molar-refractivity contribution in [1.82, 2.24) is 0 Å². The van der Waals surface area contributed by atoms with Crippen molar-refractivity contribution < 1.29 is 19.4 Å². The first-order valence-electron chi connectivity index (χ1n) is 10.6. The lowest BCUT2D eigenvalue weighted by Crippen LogP contribution is -2.30. The Labute approximate surface area is 195 Å². The third-order valence-electron chi connectivity index (χ3n) is 4.60. The molecule has 0 saturated carbocycles. The Morgan fingerprint density at radius 2 is 1.52 bits per heavy atom. The molecule has 7 heteroatoms. The van der Waals surface area contributed by atoms with Crippen molar-refractivity contribution in [3.05, 3.63) is 90.0 Å². The number of methoxy groups -OCH3 is 1. The van der Waals surface area contributed by atoms with E-state index in [1.807, 2.05) is 66.7 Å². The van der Waals surface area contributed by atoms with Crippen molar-refractivity contribution in [2.24, 2.45) is 17.2 Å². The van der Waals surface area contributed by atoms with Crippen molar-refractivity contribution in [3.63, 3.8) is 0 Å². The Morgan fingerprint density at radius 3 is 2.00 bits per heavy atom. The summed E-state index contributed by atoms with van der Waals surface area (Å²) < 4.78 is 5.06. The van der Waals surface area contributed by atoms with Crippen LogP contribution in [0.25, 0.3) is 11.1 Å². The maximum Gasteiger partial charge on any atom is 0.320 e. The van der Waals surface area contributed by atoms with Crippen LogP contribution in [0, 0.1) is 0 Å². The summed E-state index contributed by atoms with van der Waals surface area (Å²) in [6.45, 7) is 1.03. The minimum Gasteiger partial charge on any atom is -0.496 e. The quantitative estimate of drug-likeness (QED) is 0.384. The van der Waals surface area contributed by atoms with Gasteiger partial charge in [0.1, 0.15) is 18.1 Å². The third-order valence-corrected chi connectivity index (χ3v) is 4.60. The fourth-order valence-corrected chi connectivity index (χ4v) is 2.72. The zero-order valence-electron chi connectivity index (χ0n) is 18.9. The molecule has 0 heterocycles. The third kappa shape index (κ3) is 10.6. The first-order valence-corrected chi connectivity index (χ1v) is 10.6. The molecule has 0 aliphatic rings. The second kappa shape index (κ2) is 16.2. The normalized spacial score (nSPS) is 10.5. The number of carboxylic acid groups (broad SMARTS) is 1. The Bertz CT molecular complexity index is 924. The first kappa shape index (κ1) is 27.5. The van der Waals surface area contributed by atoms with Gasteiger partial charge >= 0.3 is 5.97 Å². The molecule has 33 heavy (non-hydrogen) atoms. The van der Waals surface area contributed by atoms with Gasteiger partial charge in [0.25, 0.3) is 0 Å². The van der Waals surface area contributed by atoms with E-state index in [0.29, 0.717) is 31.5 Å². The molecule has 3 rings (SSSR count). The molecule has 0 fully saturated rings.